The first kappa shape index (κ1) is 13.9. The van der Waals surface area contributed by atoms with Gasteiger partial charge in [-0.2, -0.15) is 0 Å². The fraction of sp³-hybridized carbons (Fsp3) is 0.200. The van der Waals surface area contributed by atoms with Crippen molar-refractivity contribution in [2.24, 2.45) is 10.7 Å². The van der Waals surface area contributed by atoms with Crippen molar-refractivity contribution in [3.63, 3.8) is 0 Å². The van der Waals surface area contributed by atoms with Crippen LogP contribution in [0.4, 0.5) is 5.69 Å². The number of guanidine groups is 1. The molecule has 2 rings (SSSR count). The van der Waals surface area contributed by atoms with E-state index in [1.54, 1.807) is 13.2 Å². The number of nitrogens with two attached hydrogens (primary N) is 1. The van der Waals surface area contributed by atoms with Crippen LogP contribution in [0.5, 0.6) is 5.88 Å². The van der Waals surface area contributed by atoms with Gasteiger partial charge in [0.15, 0.2) is 5.96 Å². The van der Waals surface area contributed by atoms with E-state index in [2.05, 4.69) is 15.3 Å². The number of pyridine rings is 1. The molecule has 0 aliphatic carbocycles. The number of benzene rings is 1. The van der Waals surface area contributed by atoms with E-state index in [0.29, 0.717) is 18.4 Å². The highest BCUT2D eigenvalue weighted by molar-refractivity contribution is 5.92. The number of nitrogens with one attached hydrogen (secondary N) is 1. The molecule has 1 aromatic carbocycles. The smallest absolute Gasteiger partial charge is 0.213 e. The second-order valence-corrected chi connectivity index (χ2v) is 4.36. The molecule has 0 saturated heterocycles. The molecule has 0 unspecified atom stereocenters. The first-order valence-corrected chi connectivity index (χ1v) is 6.31. The van der Waals surface area contributed by atoms with Crippen LogP contribution in [0.3, 0.4) is 0 Å². The zero-order valence-electron chi connectivity index (χ0n) is 11.6. The Morgan fingerprint density at radius 1 is 1.25 bits per heavy atom. The number of methoxy groups -OCH3 is 1. The van der Waals surface area contributed by atoms with Gasteiger partial charge < -0.3 is 15.8 Å². The van der Waals surface area contributed by atoms with Crippen LogP contribution in [0.1, 0.15) is 11.3 Å². The summed E-state index contributed by atoms with van der Waals surface area (Å²) < 4.78 is 5.06. The summed E-state index contributed by atoms with van der Waals surface area (Å²) in [5.74, 6) is 0.932. The Balaban J connectivity index is 1.98. The van der Waals surface area contributed by atoms with E-state index in [0.717, 1.165) is 11.4 Å². The molecule has 0 aliphatic heterocycles. The molecular weight excluding hydrogens is 252 g/mol. The zero-order valence-corrected chi connectivity index (χ0v) is 11.6. The molecule has 0 fully saturated rings. The highest BCUT2D eigenvalue weighted by atomic mass is 16.5. The van der Waals surface area contributed by atoms with Gasteiger partial charge in [-0.1, -0.05) is 23.8 Å². The Morgan fingerprint density at radius 3 is 2.70 bits per heavy atom. The molecule has 0 amide bonds. The number of hydrogen-bond donors (Lipinski definition) is 2. The summed E-state index contributed by atoms with van der Waals surface area (Å²) in [4.78, 5) is 8.52. The molecule has 2 aromatic rings. The normalized spacial score (nSPS) is 11.2. The van der Waals surface area contributed by atoms with E-state index in [1.165, 1.54) is 5.56 Å². The number of aromatic nitrogens is 1. The topological polar surface area (TPSA) is 72.5 Å². The van der Waals surface area contributed by atoms with Crippen molar-refractivity contribution in [3.05, 3.63) is 53.7 Å². The van der Waals surface area contributed by atoms with Crippen molar-refractivity contribution >= 4 is 11.6 Å². The summed E-state index contributed by atoms with van der Waals surface area (Å²) in [6.45, 7) is 2.44. The average Bonchev–Trinajstić information content (AvgIpc) is 2.48. The number of ether oxygens (including phenoxy) is 1. The van der Waals surface area contributed by atoms with E-state index < -0.39 is 0 Å². The number of aliphatic imine (C=N–C) groups is 1. The molecule has 104 valence electrons. The Kier molecular flexibility index (Phi) is 4.55. The maximum atomic E-state index is 5.84. The molecule has 1 aromatic heterocycles. The van der Waals surface area contributed by atoms with Crippen molar-refractivity contribution in [2.45, 2.75) is 13.5 Å². The molecule has 0 aliphatic rings. The van der Waals surface area contributed by atoms with Gasteiger partial charge in [0.1, 0.15) is 0 Å². The minimum absolute atomic E-state index is 0.360. The van der Waals surface area contributed by atoms with Gasteiger partial charge in [-0.15, -0.1) is 0 Å². The summed E-state index contributed by atoms with van der Waals surface area (Å²) in [6.07, 6.45) is 0. The summed E-state index contributed by atoms with van der Waals surface area (Å²) in [7, 11) is 1.59. The Hall–Kier alpha value is -2.56. The number of nitrogens with zero attached hydrogens (tertiary/aromatic N) is 2. The number of anilines is 1. The van der Waals surface area contributed by atoms with E-state index in [9.17, 15) is 0 Å². The predicted octanol–water partition coefficient (Wildman–Crippen LogP) is 2.33. The fourth-order valence-corrected chi connectivity index (χ4v) is 1.65. The van der Waals surface area contributed by atoms with Crippen LogP contribution in [-0.4, -0.2) is 18.1 Å². The van der Waals surface area contributed by atoms with Crippen molar-refractivity contribution in [2.75, 3.05) is 12.4 Å². The van der Waals surface area contributed by atoms with Crippen molar-refractivity contribution < 1.29 is 4.74 Å². The summed E-state index contributed by atoms with van der Waals surface area (Å²) in [5.41, 5.74) is 8.76. The van der Waals surface area contributed by atoms with Gasteiger partial charge in [-0.3, -0.25) is 0 Å². The molecule has 0 spiro atoms. The predicted molar refractivity (Wildman–Crippen MR) is 80.9 cm³/mol. The maximum Gasteiger partial charge on any atom is 0.213 e. The van der Waals surface area contributed by atoms with Crippen LogP contribution >= 0.6 is 0 Å². The second-order valence-electron chi connectivity index (χ2n) is 4.36. The van der Waals surface area contributed by atoms with Gasteiger partial charge >= 0.3 is 0 Å². The Morgan fingerprint density at radius 2 is 2.00 bits per heavy atom. The van der Waals surface area contributed by atoms with Gasteiger partial charge in [0.25, 0.3) is 0 Å². The SMILES string of the molecule is COc1cccc(CN=C(N)Nc2ccc(C)cc2)n1. The third-order valence-electron chi connectivity index (χ3n) is 2.73. The molecule has 20 heavy (non-hydrogen) atoms. The monoisotopic (exact) mass is 270 g/mol. The molecule has 0 radical (unpaired) electrons. The van der Waals surface area contributed by atoms with Gasteiger partial charge in [0, 0.05) is 11.8 Å². The summed E-state index contributed by atoms with van der Waals surface area (Å²) >= 11 is 0. The minimum Gasteiger partial charge on any atom is -0.481 e. The third-order valence-corrected chi connectivity index (χ3v) is 2.73. The van der Waals surface area contributed by atoms with E-state index in [1.807, 2.05) is 43.3 Å². The number of rotatable bonds is 4. The number of aryl methyl sites for hydroxylation is 1. The maximum absolute atomic E-state index is 5.84. The van der Waals surface area contributed by atoms with E-state index in [4.69, 9.17) is 10.5 Å². The Bertz CT molecular complexity index is 593. The Labute approximate surface area is 118 Å². The first-order chi connectivity index (χ1) is 9.67. The molecule has 0 atom stereocenters. The molecular formula is C15H18N4O. The molecule has 3 N–H and O–H groups in total. The van der Waals surface area contributed by atoms with Crippen LogP contribution in [0.2, 0.25) is 0 Å². The molecule has 5 heteroatoms. The lowest BCUT2D eigenvalue weighted by atomic mass is 10.2. The molecule has 5 nitrogen and oxygen atoms in total. The molecule has 0 bridgehead atoms. The highest BCUT2D eigenvalue weighted by Gasteiger charge is 1.98. The summed E-state index contributed by atoms with van der Waals surface area (Å²) in [5, 5.41) is 3.04. The molecule has 1 heterocycles. The van der Waals surface area contributed by atoms with Crippen LogP contribution in [-0.2, 0) is 6.54 Å². The van der Waals surface area contributed by atoms with Crippen molar-refractivity contribution in [1.82, 2.24) is 4.98 Å². The van der Waals surface area contributed by atoms with Crippen molar-refractivity contribution in [3.8, 4) is 5.88 Å². The quantitative estimate of drug-likeness (QED) is 0.660. The van der Waals surface area contributed by atoms with Gasteiger partial charge in [0.05, 0.1) is 19.3 Å². The minimum atomic E-state index is 0.360. The number of hydrogen-bond acceptors (Lipinski definition) is 3. The van der Waals surface area contributed by atoms with E-state index in [-0.39, 0.29) is 0 Å². The van der Waals surface area contributed by atoms with Crippen LogP contribution < -0.4 is 15.8 Å². The summed E-state index contributed by atoms with van der Waals surface area (Å²) in [6, 6.07) is 13.5. The standard InChI is InChI=1S/C15H18N4O/c1-11-6-8-12(9-7-11)19-15(16)17-10-13-4-3-5-14(18-13)20-2/h3-9H,10H2,1-2H3,(H3,16,17,19). The van der Waals surface area contributed by atoms with Gasteiger partial charge in [-0.05, 0) is 25.1 Å². The second kappa shape index (κ2) is 6.56. The highest BCUT2D eigenvalue weighted by Crippen LogP contribution is 2.09. The van der Waals surface area contributed by atoms with E-state index >= 15 is 0 Å². The zero-order chi connectivity index (χ0) is 14.4. The lowest BCUT2D eigenvalue weighted by Gasteiger charge is -2.06. The molecule has 0 saturated carbocycles. The van der Waals surface area contributed by atoms with Gasteiger partial charge in [-0.25, -0.2) is 9.98 Å². The van der Waals surface area contributed by atoms with Crippen LogP contribution in [0.15, 0.2) is 47.5 Å². The lowest BCUT2D eigenvalue weighted by molar-refractivity contribution is 0.396. The largest absolute Gasteiger partial charge is 0.481 e. The van der Waals surface area contributed by atoms with Crippen LogP contribution in [0, 0.1) is 6.92 Å². The third kappa shape index (κ3) is 3.98. The van der Waals surface area contributed by atoms with Crippen molar-refractivity contribution in [1.29, 1.82) is 0 Å². The average molecular weight is 270 g/mol. The van der Waals surface area contributed by atoms with Crippen LogP contribution in [0.25, 0.3) is 0 Å². The van der Waals surface area contributed by atoms with Gasteiger partial charge in [0.2, 0.25) is 5.88 Å². The fourth-order valence-electron chi connectivity index (χ4n) is 1.65. The first-order valence-electron chi connectivity index (χ1n) is 6.31. The lowest BCUT2D eigenvalue weighted by Crippen LogP contribution is -2.22.